The molecule has 0 atom stereocenters. The smallest absolute Gasteiger partial charge is 0.251 e. The van der Waals surface area contributed by atoms with Crippen molar-refractivity contribution in [3.8, 4) is 5.75 Å². The molecular weight excluding hydrogens is 304 g/mol. The number of ether oxygens (including phenoxy) is 2. The Labute approximate surface area is 133 Å². The number of halogens is 2. The first-order valence-corrected chi connectivity index (χ1v) is 7.04. The van der Waals surface area contributed by atoms with Crippen LogP contribution in [0.25, 0.3) is 0 Å². The number of benzene rings is 2. The van der Waals surface area contributed by atoms with Crippen LogP contribution in [-0.4, -0.2) is 26.2 Å². The van der Waals surface area contributed by atoms with Crippen molar-refractivity contribution in [1.29, 1.82) is 0 Å². The molecule has 2 aromatic carbocycles. The lowest BCUT2D eigenvalue weighted by Gasteiger charge is -2.09. The van der Waals surface area contributed by atoms with Gasteiger partial charge in [0.15, 0.2) is 11.6 Å². The molecule has 0 bridgehead atoms. The fourth-order valence-electron chi connectivity index (χ4n) is 1.87. The second-order valence-electron chi connectivity index (χ2n) is 4.81. The number of amides is 1. The molecule has 0 heterocycles. The first-order chi connectivity index (χ1) is 11.1. The highest BCUT2D eigenvalue weighted by Crippen LogP contribution is 2.20. The third-order valence-electron chi connectivity index (χ3n) is 3.09. The van der Waals surface area contributed by atoms with E-state index in [0.29, 0.717) is 18.7 Å². The zero-order valence-electron chi connectivity index (χ0n) is 12.6. The maximum absolute atomic E-state index is 14.0. The Morgan fingerprint density at radius 3 is 2.52 bits per heavy atom. The average Bonchev–Trinajstić information content (AvgIpc) is 2.55. The minimum Gasteiger partial charge on any atom is -0.486 e. The van der Waals surface area contributed by atoms with E-state index < -0.39 is 5.82 Å². The summed E-state index contributed by atoms with van der Waals surface area (Å²) in [5.74, 6) is -1.33. The van der Waals surface area contributed by atoms with Crippen molar-refractivity contribution in [1.82, 2.24) is 5.32 Å². The molecule has 2 rings (SSSR count). The van der Waals surface area contributed by atoms with Gasteiger partial charge < -0.3 is 14.8 Å². The SMILES string of the molecule is COCCNC(=O)c1ccc(OCc2ccc(F)cc2)c(F)c1. The Hall–Kier alpha value is -2.47. The molecule has 0 radical (unpaired) electrons. The fourth-order valence-corrected chi connectivity index (χ4v) is 1.87. The van der Waals surface area contributed by atoms with E-state index in [-0.39, 0.29) is 29.6 Å². The van der Waals surface area contributed by atoms with Gasteiger partial charge in [-0.1, -0.05) is 12.1 Å². The lowest BCUT2D eigenvalue weighted by Crippen LogP contribution is -2.27. The summed E-state index contributed by atoms with van der Waals surface area (Å²) < 4.78 is 36.9. The summed E-state index contributed by atoms with van der Waals surface area (Å²) in [5, 5.41) is 2.60. The van der Waals surface area contributed by atoms with Crippen LogP contribution in [0, 0.1) is 11.6 Å². The normalized spacial score (nSPS) is 10.4. The number of hydrogen-bond acceptors (Lipinski definition) is 3. The lowest BCUT2D eigenvalue weighted by molar-refractivity contribution is 0.0936. The van der Waals surface area contributed by atoms with Crippen molar-refractivity contribution >= 4 is 5.91 Å². The second kappa shape index (κ2) is 8.24. The number of carbonyl (C=O) groups is 1. The summed E-state index contributed by atoms with van der Waals surface area (Å²) in [7, 11) is 1.53. The molecule has 0 unspecified atom stereocenters. The third kappa shape index (κ3) is 5.03. The predicted octanol–water partition coefficient (Wildman–Crippen LogP) is 2.92. The van der Waals surface area contributed by atoms with Gasteiger partial charge in [-0.15, -0.1) is 0 Å². The number of methoxy groups -OCH3 is 1. The van der Waals surface area contributed by atoms with Crippen LogP contribution in [0.2, 0.25) is 0 Å². The van der Waals surface area contributed by atoms with E-state index in [2.05, 4.69) is 5.32 Å². The van der Waals surface area contributed by atoms with Crippen molar-refractivity contribution in [3.63, 3.8) is 0 Å². The van der Waals surface area contributed by atoms with Gasteiger partial charge in [0.05, 0.1) is 6.61 Å². The van der Waals surface area contributed by atoms with Crippen LogP contribution in [0.1, 0.15) is 15.9 Å². The van der Waals surface area contributed by atoms with Gasteiger partial charge in [0.2, 0.25) is 0 Å². The highest BCUT2D eigenvalue weighted by Gasteiger charge is 2.10. The van der Waals surface area contributed by atoms with Crippen LogP contribution in [0.5, 0.6) is 5.75 Å². The van der Waals surface area contributed by atoms with Crippen LogP contribution in [-0.2, 0) is 11.3 Å². The first kappa shape index (κ1) is 16.9. The molecule has 4 nitrogen and oxygen atoms in total. The summed E-state index contributed by atoms with van der Waals surface area (Å²) in [6.07, 6.45) is 0. The maximum atomic E-state index is 14.0. The summed E-state index contributed by atoms with van der Waals surface area (Å²) in [6.45, 7) is 0.837. The lowest BCUT2D eigenvalue weighted by atomic mass is 10.2. The Balaban J connectivity index is 1.96. The standard InChI is InChI=1S/C17H17F2NO3/c1-22-9-8-20-17(21)13-4-7-16(15(19)10-13)23-11-12-2-5-14(18)6-3-12/h2-7,10H,8-9,11H2,1H3,(H,20,21). The quantitative estimate of drug-likeness (QED) is 0.798. The molecule has 1 amide bonds. The molecule has 6 heteroatoms. The third-order valence-corrected chi connectivity index (χ3v) is 3.09. The molecule has 1 N–H and O–H groups in total. The molecule has 0 saturated heterocycles. The van der Waals surface area contributed by atoms with Crippen LogP contribution >= 0.6 is 0 Å². The van der Waals surface area contributed by atoms with Gasteiger partial charge in [-0.25, -0.2) is 8.78 Å². The van der Waals surface area contributed by atoms with Crippen LogP contribution in [0.4, 0.5) is 8.78 Å². The summed E-state index contributed by atoms with van der Waals surface area (Å²) in [4.78, 5) is 11.8. The Bertz CT molecular complexity index is 659. The highest BCUT2D eigenvalue weighted by molar-refractivity contribution is 5.94. The summed E-state index contributed by atoms with van der Waals surface area (Å²) in [5.41, 5.74) is 0.917. The largest absolute Gasteiger partial charge is 0.486 e. The number of hydrogen-bond donors (Lipinski definition) is 1. The van der Waals surface area contributed by atoms with Gasteiger partial charge in [0, 0.05) is 19.2 Å². The van der Waals surface area contributed by atoms with Crippen LogP contribution in [0.3, 0.4) is 0 Å². The molecule has 0 fully saturated rings. The molecule has 0 aromatic heterocycles. The second-order valence-corrected chi connectivity index (χ2v) is 4.81. The van der Waals surface area contributed by atoms with Gasteiger partial charge in [-0.2, -0.15) is 0 Å². The van der Waals surface area contributed by atoms with Gasteiger partial charge in [0.25, 0.3) is 5.91 Å². The molecule has 0 spiro atoms. The van der Waals surface area contributed by atoms with Crippen molar-refractivity contribution in [2.45, 2.75) is 6.61 Å². The van der Waals surface area contributed by atoms with Gasteiger partial charge in [0.1, 0.15) is 12.4 Å². The monoisotopic (exact) mass is 321 g/mol. The molecule has 0 aliphatic heterocycles. The summed E-state index contributed by atoms with van der Waals surface area (Å²) in [6, 6.07) is 9.72. The molecular formula is C17H17F2NO3. The maximum Gasteiger partial charge on any atom is 0.251 e. The minimum atomic E-state index is -0.633. The highest BCUT2D eigenvalue weighted by atomic mass is 19.1. The molecule has 0 aliphatic carbocycles. The van der Waals surface area contributed by atoms with Gasteiger partial charge in [-0.3, -0.25) is 4.79 Å². The van der Waals surface area contributed by atoms with Crippen LogP contribution in [0.15, 0.2) is 42.5 Å². The zero-order chi connectivity index (χ0) is 16.7. The summed E-state index contributed by atoms with van der Waals surface area (Å²) >= 11 is 0. The van der Waals surface area contributed by atoms with Crippen molar-refractivity contribution in [2.24, 2.45) is 0 Å². The Morgan fingerprint density at radius 1 is 1.13 bits per heavy atom. The van der Waals surface area contributed by atoms with Crippen molar-refractivity contribution in [3.05, 3.63) is 65.2 Å². The predicted molar refractivity (Wildman–Crippen MR) is 81.3 cm³/mol. The molecule has 0 saturated carbocycles. The zero-order valence-corrected chi connectivity index (χ0v) is 12.6. The number of carbonyl (C=O) groups excluding carboxylic acids is 1. The molecule has 2 aromatic rings. The van der Waals surface area contributed by atoms with E-state index in [4.69, 9.17) is 9.47 Å². The van der Waals surface area contributed by atoms with E-state index in [0.717, 1.165) is 6.07 Å². The number of nitrogens with one attached hydrogen (secondary N) is 1. The Morgan fingerprint density at radius 2 is 1.87 bits per heavy atom. The molecule has 0 aliphatic rings. The van der Waals surface area contributed by atoms with Gasteiger partial charge >= 0.3 is 0 Å². The van der Waals surface area contributed by atoms with Gasteiger partial charge in [-0.05, 0) is 35.9 Å². The number of rotatable bonds is 7. The van der Waals surface area contributed by atoms with E-state index in [9.17, 15) is 13.6 Å². The topological polar surface area (TPSA) is 47.6 Å². The van der Waals surface area contributed by atoms with E-state index in [1.807, 2.05) is 0 Å². The molecule has 122 valence electrons. The first-order valence-electron chi connectivity index (χ1n) is 7.04. The molecule has 23 heavy (non-hydrogen) atoms. The van der Waals surface area contributed by atoms with E-state index in [1.165, 1.54) is 31.4 Å². The Kier molecular flexibility index (Phi) is 6.05. The van der Waals surface area contributed by atoms with Crippen molar-refractivity contribution in [2.75, 3.05) is 20.3 Å². The van der Waals surface area contributed by atoms with Crippen molar-refractivity contribution < 1.29 is 23.0 Å². The fraction of sp³-hybridized carbons (Fsp3) is 0.235. The average molecular weight is 321 g/mol. The van der Waals surface area contributed by atoms with E-state index in [1.54, 1.807) is 12.1 Å². The van der Waals surface area contributed by atoms with Crippen LogP contribution < -0.4 is 10.1 Å². The minimum absolute atomic E-state index is 0.0303. The van der Waals surface area contributed by atoms with E-state index >= 15 is 0 Å².